The molecule has 1 aromatic heterocycles. The molecule has 0 bridgehead atoms. The van der Waals surface area contributed by atoms with Gasteiger partial charge in [-0.15, -0.1) is 10.2 Å². The average molecular weight is 495 g/mol. The van der Waals surface area contributed by atoms with Crippen LogP contribution in [0.5, 0.6) is 11.5 Å². The lowest BCUT2D eigenvalue weighted by Gasteiger charge is -2.29. The van der Waals surface area contributed by atoms with Crippen LogP contribution in [-0.2, 0) is 22.7 Å². The fourth-order valence-electron chi connectivity index (χ4n) is 4.45. The molecule has 2 amide bonds. The van der Waals surface area contributed by atoms with Crippen LogP contribution >= 0.6 is 0 Å². The van der Waals surface area contributed by atoms with Crippen LogP contribution in [0.15, 0.2) is 42.5 Å². The van der Waals surface area contributed by atoms with Crippen molar-refractivity contribution in [2.75, 3.05) is 6.79 Å². The van der Waals surface area contributed by atoms with E-state index in [1.165, 1.54) is 21.8 Å². The van der Waals surface area contributed by atoms with Crippen molar-refractivity contribution < 1.29 is 23.5 Å². The fourth-order valence-corrected chi connectivity index (χ4v) is 4.45. The van der Waals surface area contributed by atoms with E-state index in [0.29, 0.717) is 17.1 Å². The molecule has 2 aromatic carbocycles. The maximum absolute atomic E-state index is 13.4. The molecule has 36 heavy (non-hydrogen) atoms. The number of ether oxygens (including phenoxy) is 2. The number of nitrogens with zero attached hydrogens (tertiary/aromatic N) is 5. The van der Waals surface area contributed by atoms with Gasteiger partial charge in [0.05, 0.1) is 0 Å². The van der Waals surface area contributed by atoms with E-state index >= 15 is 0 Å². The van der Waals surface area contributed by atoms with E-state index in [-0.39, 0.29) is 49.4 Å². The first-order valence-corrected chi connectivity index (χ1v) is 12.0. The standard InChI is InChI=1S/C25H27FN6O4/c1-16(25(34)27-20-4-2-3-5-20)31(13-17-6-11-21-22(12-17)36-15-35-21)23(33)14-32-29-24(28-30-32)18-7-9-19(26)10-8-18/h6-12,16,20H,2-5,13-15H2,1H3,(H,27,34)/t16-/m0/s1. The Hall–Kier alpha value is -4.02. The zero-order valence-electron chi connectivity index (χ0n) is 19.9. The van der Waals surface area contributed by atoms with Crippen molar-refractivity contribution in [3.8, 4) is 22.9 Å². The first-order valence-electron chi connectivity index (χ1n) is 12.0. The monoisotopic (exact) mass is 494 g/mol. The number of amides is 2. The van der Waals surface area contributed by atoms with Crippen LogP contribution in [0.3, 0.4) is 0 Å². The summed E-state index contributed by atoms with van der Waals surface area (Å²) in [5.74, 6) is 0.607. The molecule has 0 unspecified atom stereocenters. The lowest BCUT2D eigenvalue weighted by molar-refractivity contribution is -0.141. The molecule has 1 fully saturated rings. The SMILES string of the molecule is C[C@@H](C(=O)NC1CCCC1)N(Cc1ccc2c(c1)OCO2)C(=O)Cn1nnc(-c2ccc(F)cc2)n1. The second kappa shape index (κ2) is 10.3. The second-order valence-corrected chi connectivity index (χ2v) is 9.03. The number of aromatic nitrogens is 4. The summed E-state index contributed by atoms with van der Waals surface area (Å²) in [6.07, 6.45) is 4.08. The van der Waals surface area contributed by atoms with Crippen molar-refractivity contribution in [2.45, 2.75) is 57.8 Å². The summed E-state index contributed by atoms with van der Waals surface area (Å²) < 4.78 is 24.1. The second-order valence-electron chi connectivity index (χ2n) is 9.03. The summed E-state index contributed by atoms with van der Waals surface area (Å²) in [5.41, 5.74) is 1.38. The van der Waals surface area contributed by atoms with Gasteiger partial charge in [-0.2, -0.15) is 4.80 Å². The molecule has 0 saturated heterocycles. The summed E-state index contributed by atoms with van der Waals surface area (Å²) >= 11 is 0. The molecule has 2 aliphatic rings. The van der Waals surface area contributed by atoms with Crippen molar-refractivity contribution >= 4 is 11.8 Å². The number of nitrogens with one attached hydrogen (secondary N) is 1. The highest BCUT2D eigenvalue weighted by molar-refractivity contribution is 5.87. The van der Waals surface area contributed by atoms with Gasteiger partial charge in [0.25, 0.3) is 0 Å². The van der Waals surface area contributed by atoms with Crippen LogP contribution in [0.4, 0.5) is 4.39 Å². The van der Waals surface area contributed by atoms with E-state index in [0.717, 1.165) is 31.2 Å². The Morgan fingerprint density at radius 3 is 2.67 bits per heavy atom. The van der Waals surface area contributed by atoms with Crippen molar-refractivity contribution in [2.24, 2.45) is 0 Å². The molecule has 11 heteroatoms. The molecule has 1 atom stereocenters. The molecule has 1 aliphatic carbocycles. The molecule has 3 aromatic rings. The topological polar surface area (TPSA) is 111 Å². The summed E-state index contributed by atoms with van der Waals surface area (Å²) in [7, 11) is 0. The lowest BCUT2D eigenvalue weighted by Crippen LogP contribution is -2.50. The predicted octanol–water partition coefficient (Wildman–Crippen LogP) is 2.68. The van der Waals surface area contributed by atoms with Gasteiger partial charge in [0.1, 0.15) is 18.4 Å². The molecule has 1 aliphatic heterocycles. The first-order chi connectivity index (χ1) is 17.5. The fraction of sp³-hybridized carbons (Fsp3) is 0.400. The zero-order chi connectivity index (χ0) is 25.1. The number of carbonyl (C=O) groups excluding carboxylic acids is 2. The number of hydrogen-bond donors (Lipinski definition) is 1. The Morgan fingerprint density at radius 1 is 1.14 bits per heavy atom. The Morgan fingerprint density at radius 2 is 1.89 bits per heavy atom. The van der Waals surface area contributed by atoms with Crippen molar-refractivity contribution in [1.82, 2.24) is 30.4 Å². The summed E-state index contributed by atoms with van der Waals surface area (Å²) in [5, 5.41) is 15.3. The zero-order valence-corrected chi connectivity index (χ0v) is 19.9. The van der Waals surface area contributed by atoms with Crippen LogP contribution in [0.2, 0.25) is 0 Å². The third kappa shape index (κ3) is 5.29. The number of rotatable bonds is 8. The largest absolute Gasteiger partial charge is 0.454 e. The predicted molar refractivity (Wildman–Crippen MR) is 126 cm³/mol. The van der Waals surface area contributed by atoms with Crippen LogP contribution in [0, 0.1) is 5.82 Å². The van der Waals surface area contributed by atoms with E-state index in [4.69, 9.17) is 9.47 Å². The van der Waals surface area contributed by atoms with E-state index in [1.54, 1.807) is 25.1 Å². The highest BCUT2D eigenvalue weighted by Gasteiger charge is 2.29. The first kappa shape index (κ1) is 23.7. The quantitative estimate of drug-likeness (QED) is 0.513. The normalized spacial score (nSPS) is 15.6. The number of hydrogen-bond acceptors (Lipinski definition) is 7. The van der Waals surface area contributed by atoms with E-state index in [2.05, 4.69) is 20.7 Å². The van der Waals surface area contributed by atoms with E-state index in [9.17, 15) is 14.0 Å². The van der Waals surface area contributed by atoms with Gasteiger partial charge in [0.15, 0.2) is 11.5 Å². The van der Waals surface area contributed by atoms with Gasteiger partial charge in [0, 0.05) is 18.2 Å². The maximum atomic E-state index is 13.4. The molecule has 1 N–H and O–H groups in total. The third-order valence-electron chi connectivity index (χ3n) is 6.49. The molecule has 0 spiro atoms. The molecule has 1 saturated carbocycles. The van der Waals surface area contributed by atoms with E-state index in [1.807, 2.05) is 12.1 Å². The van der Waals surface area contributed by atoms with Crippen molar-refractivity contribution in [1.29, 1.82) is 0 Å². The van der Waals surface area contributed by atoms with Gasteiger partial charge < -0.3 is 19.7 Å². The van der Waals surface area contributed by atoms with Gasteiger partial charge in [-0.1, -0.05) is 18.9 Å². The molecular weight excluding hydrogens is 467 g/mol. The number of benzene rings is 2. The summed E-state index contributed by atoms with van der Waals surface area (Å²) in [6.45, 7) is 1.85. The molecule has 5 rings (SSSR count). The summed E-state index contributed by atoms with van der Waals surface area (Å²) in [4.78, 5) is 29.2. The lowest BCUT2D eigenvalue weighted by atomic mass is 10.1. The molecule has 188 valence electrons. The Bertz CT molecular complexity index is 1240. The van der Waals surface area contributed by atoms with Gasteiger partial charge >= 0.3 is 0 Å². The minimum absolute atomic E-state index is 0.137. The minimum Gasteiger partial charge on any atom is -0.454 e. The van der Waals surface area contributed by atoms with Crippen molar-refractivity contribution in [3.63, 3.8) is 0 Å². The molecule has 2 heterocycles. The van der Waals surface area contributed by atoms with Crippen LogP contribution in [0.1, 0.15) is 38.2 Å². The molecule has 0 radical (unpaired) electrons. The molecular formula is C25H27FN6O4. The highest BCUT2D eigenvalue weighted by Crippen LogP contribution is 2.33. The Kier molecular flexibility index (Phi) is 6.79. The average Bonchev–Trinajstić information content (AvgIpc) is 3.64. The minimum atomic E-state index is -0.719. The number of fused-ring (bicyclic) bond motifs is 1. The molecule has 10 nitrogen and oxygen atoms in total. The van der Waals surface area contributed by atoms with Gasteiger partial charge in [-0.3, -0.25) is 9.59 Å². The summed E-state index contributed by atoms with van der Waals surface area (Å²) in [6, 6.07) is 10.6. The third-order valence-corrected chi connectivity index (χ3v) is 6.49. The van der Waals surface area contributed by atoms with E-state index < -0.39 is 6.04 Å². The van der Waals surface area contributed by atoms with Crippen LogP contribution in [-0.4, -0.2) is 55.8 Å². The van der Waals surface area contributed by atoms with Gasteiger partial charge in [-0.25, -0.2) is 4.39 Å². The Labute approximate surface area is 207 Å². The number of tetrazole rings is 1. The van der Waals surface area contributed by atoms with Crippen LogP contribution < -0.4 is 14.8 Å². The highest BCUT2D eigenvalue weighted by atomic mass is 19.1. The van der Waals surface area contributed by atoms with Crippen molar-refractivity contribution in [3.05, 3.63) is 53.8 Å². The van der Waals surface area contributed by atoms with Gasteiger partial charge in [0.2, 0.25) is 24.4 Å². The van der Waals surface area contributed by atoms with Crippen LogP contribution in [0.25, 0.3) is 11.4 Å². The smallest absolute Gasteiger partial charge is 0.247 e. The maximum Gasteiger partial charge on any atom is 0.247 e. The Balaban J connectivity index is 1.33. The number of halogens is 1. The number of carbonyl (C=O) groups is 2. The van der Waals surface area contributed by atoms with Gasteiger partial charge in [-0.05, 0) is 66.9 Å².